The van der Waals surface area contributed by atoms with Crippen LogP contribution >= 0.6 is 0 Å². The van der Waals surface area contributed by atoms with Gasteiger partial charge in [0.15, 0.2) is 0 Å². The van der Waals surface area contributed by atoms with E-state index in [2.05, 4.69) is 9.72 Å². The summed E-state index contributed by atoms with van der Waals surface area (Å²) in [7, 11) is 0. The summed E-state index contributed by atoms with van der Waals surface area (Å²) in [6.45, 7) is 0. The number of nitrogens with zero attached hydrogens (tertiary/aromatic N) is 1. The normalized spacial score (nSPS) is 8.80. The molecule has 1 rings (SSSR count). The van der Waals surface area contributed by atoms with Gasteiger partial charge in [0.25, 0.3) is 0 Å². The molecule has 1 heterocycles. The lowest BCUT2D eigenvalue weighted by Gasteiger charge is -1.96. The van der Waals surface area contributed by atoms with Crippen molar-refractivity contribution in [3.8, 4) is 5.75 Å². The van der Waals surface area contributed by atoms with Crippen LogP contribution in [0.3, 0.4) is 0 Å². The van der Waals surface area contributed by atoms with Crippen LogP contribution in [0, 0.1) is 0 Å². The lowest BCUT2D eigenvalue weighted by Crippen LogP contribution is -2.16. The number of primary amides is 1. The van der Waals surface area contributed by atoms with Crippen LogP contribution in [0.2, 0.25) is 0 Å². The molecule has 52 valence electrons. The molecule has 4 heteroatoms. The number of carbonyl (C=O) groups is 1. The first kappa shape index (κ1) is 6.54. The van der Waals surface area contributed by atoms with Gasteiger partial charge in [0, 0.05) is 12.4 Å². The van der Waals surface area contributed by atoms with Crippen molar-refractivity contribution in [1.82, 2.24) is 4.98 Å². The molecule has 10 heavy (non-hydrogen) atoms. The van der Waals surface area contributed by atoms with E-state index in [-0.39, 0.29) is 0 Å². The van der Waals surface area contributed by atoms with Gasteiger partial charge in [0.1, 0.15) is 5.75 Å². The standard InChI is InChI=1S/C6H6N2O2/c7-6(9)10-5-1-3-8-4-2-5/h1-4H,(H2,7,9). The molecule has 0 aliphatic heterocycles. The molecule has 0 aliphatic carbocycles. The molecule has 0 aromatic carbocycles. The third kappa shape index (κ3) is 1.74. The molecular formula is C6H6N2O2. The number of ether oxygens (including phenoxy) is 1. The Morgan fingerprint density at radius 2 is 2.10 bits per heavy atom. The second-order valence-corrected chi connectivity index (χ2v) is 1.60. The van der Waals surface area contributed by atoms with Crippen molar-refractivity contribution in [1.29, 1.82) is 0 Å². The fourth-order valence-corrected chi connectivity index (χ4v) is 0.522. The van der Waals surface area contributed by atoms with Gasteiger partial charge >= 0.3 is 6.09 Å². The molecule has 0 aliphatic rings. The van der Waals surface area contributed by atoms with Gasteiger partial charge in [-0.25, -0.2) is 4.79 Å². The number of carbonyl (C=O) groups excluding carboxylic acids is 1. The van der Waals surface area contributed by atoms with E-state index >= 15 is 0 Å². The average Bonchev–Trinajstić information content (AvgIpc) is 1.88. The van der Waals surface area contributed by atoms with Crippen LogP contribution in [0.4, 0.5) is 4.79 Å². The van der Waals surface area contributed by atoms with Crippen LogP contribution in [0.25, 0.3) is 0 Å². The van der Waals surface area contributed by atoms with Gasteiger partial charge in [0.2, 0.25) is 0 Å². The quantitative estimate of drug-likeness (QED) is 0.615. The van der Waals surface area contributed by atoms with Crippen molar-refractivity contribution in [2.24, 2.45) is 5.73 Å². The number of rotatable bonds is 1. The van der Waals surface area contributed by atoms with Crippen molar-refractivity contribution < 1.29 is 9.53 Å². The summed E-state index contributed by atoms with van der Waals surface area (Å²) in [6, 6.07) is 3.09. The van der Waals surface area contributed by atoms with E-state index in [9.17, 15) is 4.79 Å². The van der Waals surface area contributed by atoms with Gasteiger partial charge in [-0.15, -0.1) is 0 Å². The van der Waals surface area contributed by atoms with Crippen molar-refractivity contribution in [3.63, 3.8) is 0 Å². The van der Waals surface area contributed by atoms with E-state index in [1.165, 1.54) is 12.4 Å². The van der Waals surface area contributed by atoms with Crippen LogP contribution in [0.5, 0.6) is 5.75 Å². The molecule has 0 atom stereocenters. The highest BCUT2D eigenvalue weighted by molar-refractivity contribution is 5.67. The molecule has 0 saturated heterocycles. The summed E-state index contributed by atoms with van der Waals surface area (Å²) in [5.74, 6) is 0.405. The Labute approximate surface area is 57.6 Å². The average molecular weight is 138 g/mol. The van der Waals surface area contributed by atoms with Crippen LogP contribution < -0.4 is 10.5 Å². The van der Waals surface area contributed by atoms with Crippen molar-refractivity contribution in [2.45, 2.75) is 0 Å². The second-order valence-electron chi connectivity index (χ2n) is 1.60. The largest absolute Gasteiger partial charge is 0.410 e. The lowest BCUT2D eigenvalue weighted by molar-refractivity contribution is 0.211. The number of amides is 1. The first-order valence-electron chi connectivity index (χ1n) is 2.66. The zero-order chi connectivity index (χ0) is 7.40. The van der Waals surface area contributed by atoms with E-state index in [1.807, 2.05) is 0 Å². The molecule has 0 bridgehead atoms. The molecule has 1 amide bonds. The maximum absolute atomic E-state index is 10.1. The third-order valence-corrected chi connectivity index (χ3v) is 0.868. The number of nitrogens with two attached hydrogens (primary N) is 1. The zero-order valence-corrected chi connectivity index (χ0v) is 5.15. The predicted octanol–water partition coefficient (Wildman–Crippen LogP) is 0.539. The summed E-state index contributed by atoms with van der Waals surface area (Å²) in [5.41, 5.74) is 4.74. The first-order valence-corrected chi connectivity index (χ1v) is 2.66. The SMILES string of the molecule is NC(=O)Oc1ccncc1. The minimum absolute atomic E-state index is 0.405. The molecule has 2 N–H and O–H groups in total. The monoisotopic (exact) mass is 138 g/mol. The second kappa shape index (κ2) is 2.82. The minimum Gasteiger partial charge on any atom is -0.410 e. The highest BCUT2D eigenvalue weighted by Gasteiger charge is 1.94. The molecule has 0 radical (unpaired) electrons. The highest BCUT2D eigenvalue weighted by Crippen LogP contribution is 2.05. The van der Waals surface area contributed by atoms with Crippen molar-refractivity contribution >= 4 is 6.09 Å². The molecule has 0 saturated carbocycles. The molecular weight excluding hydrogens is 132 g/mol. The lowest BCUT2D eigenvalue weighted by atomic mass is 10.5. The smallest absolute Gasteiger partial charge is 0.409 e. The van der Waals surface area contributed by atoms with Gasteiger partial charge in [0.05, 0.1) is 0 Å². The fourth-order valence-electron chi connectivity index (χ4n) is 0.522. The molecule has 1 aromatic rings. The summed E-state index contributed by atoms with van der Waals surface area (Å²) < 4.78 is 4.51. The summed E-state index contributed by atoms with van der Waals surface area (Å²) in [6.07, 6.45) is 2.21. The summed E-state index contributed by atoms with van der Waals surface area (Å²) >= 11 is 0. The Hall–Kier alpha value is -1.58. The van der Waals surface area contributed by atoms with Crippen LogP contribution in [0.15, 0.2) is 24.5 Å². The van der Waals surface area contributed by atoms with Crippen LogP contribution in [0.1, 0.15) is 0 Å². The summed E-state index contributed by atoms with van der Waals surface area (Å²) in [4.78, 5) is 13.9. The van der Waals surface area contributed by atoms with E-state index in [0.29, 0.717) is 5.75 Å². The molecule has 0 unspecified atom stereocenters. The fraction of sp³-hybridized carbons (Fsp3) is 0. The van der Waals surface area contributed by atoms with Gasteiger partial charge in [-0.05, 0) is 12.1 Å². The molecule has 0 fully saturated rings. The topological polar surface area (TPSA) is 65.2 Å². The minimum atomic E-state index is -0.814. The third-order valence-electron chi connectivity index (χ3n) is 0.868. The number of hydrogen-bond donors (Lipinski definition) is 1. The molecule has 1 aromatic heterocycles. The Morgan fingerprint density at radius 1 is 1.50 bits per heavy atom. The van der Waals surface area contributed by atoms with E-state index in [1.54, 1.807) is 12.1 Å². The predicted molar refractivity (Wildman–Crippen MR) is 34.4 cm³/mol. The Bertz CT molecular complexity index is 222. The summed E-state index contributed by atoms with van der Waals surface area (Å²) in [5, 5.41) is 0. The first-order chi connectivity index (χ1) is 4.79. The van der Waals surface area contributed by atoms with E-state index in [0.717, 1.165) is 0 Å². The number of aromatic nitrogens is 1. The Kier molecular flexibility index (Phi) is 1.84. The number of hydrogen-bond acceptors (Lipinski definition) is 3. The van der Waals surface area contributed by atoms with Crippen molar-refractivity contribution in [3.05, 3.63) is 24.5 Å². The van der Waals surface area contributed by atoms with E-state index < -0.39 is 6.09 Å². The highest BCUT2D eigenvalue weighted by atomic mass is 16.5. The maximum atomic E-state index is 10.1. The Balaban J connectivity index is 2.67. The van der Waals surface area contributed by atoms with E-state index in [4.69, 9.17) is 5.73 Å². The molecule has 4 nitrogen and oxygen atoms in total. The van der Waals surface area contributed by atoms with Gasteiger partial charge in [-0.1, -0.05) is 0 Å². The van der Waals surface area contributed by atoms with Gasteiger partial charge in [-0.2, -0.15) is 0 Å². The van der Waals surface area contributed by atoms with Gasteiger partial charge < -0.3 is 10.5 Å². The van der Waals surface area contributed by atoms with Crippen molar-refractivity contribution in [2.75, 3.05) is 0 Å². The zero-order valence-electron chi connectivity index (χ0n) is 5.15. The van der Waals surface area contributed by atoms with Crippen LogP contribution in [-0.2, 0) is 0 Å². The van der Waals surface area contributed by atoms with Crippen LogP contribution in [-0.4, -0.2) is 11.1 Å². The number of pyridine rings is 1. The molecule has 0 spiro atoms. The Morgan fingerprint density at radius 3 is 2.60 bits per heavy atom. The van der Waals surface area contributed by atoms with Gasteiger partial charge in [-0.3, -0.25) is 4.98 Å². The maximum Gasteiger partial charge on any atom is 0.409 e.